The van der Waals surface area contributed by atoms with Crippen molar-refractivity contribution in [2.24, 2.45) is 11.8 Å². The lowest BCUT2D eigenvalue weighted by Gasteiger charge is -2.55. The van der Waals surface area contributed by atoms with E-state index in [-0.39, 0.29) is 17.4 Å². The van der Waals surface area contributed by atoms with E-state index < -0.39 is 32.4 Å². The summed E-state index contributed by atoms with van der Waals surface area (Å²) in [7, 11) is 0. The lowest BCUT2D eigenvalue weighted by molar-refractivity contribution is -0.122. The fourth-order valence-corrected chi connectivity index (χ4v) is 8.89. The molecule has 4 aromatic rings. The van der Waals surface area contributed by atoms with Crippen LogP contribution in [0.1, 0.15) is 43.0 Å². The van der Waals surface area contributed by atoms with Crippen LogP contribution in [0.2, 0.25) is 0 Å². The van der Waals surface area contributed by atoms with Crippen molar-refractivity contribution >= 4 is 66.9 Å². The predicted octanol–water partition coefficient (Wildman–Crippen LogP) is 6.05. The molecule has 0 saturated carbocycles. The molecule has 1 saturated heterocycles. The predicted molar refractivity (Wildman–Crippen MR) is 160 cm³/mol. The third-order valence-corrected chi connectivity index (χ3v) is 11.1. The summed E-state index contributed by atoms with van der Waals surface area (Å²) in [5, 5.41) is 11.8. The van der Waals surface area contributed by atoms with Gasteiger partial charge in [0.25, 0.3) is 5.91 Å². The topological polar surface area (TPSA) is 104 Å². The maximum absolute atomic E-state index is 14.2. The third-order valence-electron chi connectivity index (χ3n) is 8.36. The molecule has 202 valence electrons. The van der Waals surface area contributed by atoms with Crippen LogP contribution < -0.4 is 10.2 Å². The van der Waals surface area contributed by atoms with Gasteiger partial charge in [-0.15, -0.1) is 0 Å². The number of nitrogens with zero attached hydrogens (tertiary/aromatic N) is 1. The minimum atomic E-state index is -1.05. The summed E-state index contributed by atoms with van der Waals surface area (Å²) in [4.78, 5) is 53.5. The minimum absolute atomic E-state index is 0.114. The standard InChI is InChI=1S/C32H20Br2N2O5/c33-31-21-5-1-2-6-22(21)32(34,24-8-4-3-7-23(24)31)26-25(31)28(38)36(29(26)39)20-15-11-17(12-16-20)27(37)35-19-13-9-18(10-14-19)30(40)41/h1-16,25-26H,(H,35,37)(H,40,41)/t25-,26-,31?,32?/m0/s1. The Morgan fingerprint density at radius 3 is 1.49 bits per heavy atom. The van der Waals surface area contributed by atoms with Crippen LogP contribution in [0.25, 0.3) is 0 Å². The first-order chi connectivity index (χ1) is 19.7. The highest BCUT2D eigenvalue weighted by Gasteiger charge is 2.72. The highest BCUT2D eigenvalue weighted by molar-refractivity contribution is 9.10. The van der Waals surface area contributed by atoms with Gasteiger partial charge in [-0.25, -0.2) is 9.69 Å². The Balaban J connectivity index is 1.23. The van der Waals surface area contributed by atoms with E-state index in [9.17, 15) is 19.2 Å². The van der Waals surface area contributed by atoms with E-state index in [0.29, 0.717) is 16.9 Å². The molecule has 0 unspecified atom stereocenters. The Labute approximate surface area is 251 Å². The SMILES string of the molecule is O=C(O)c1ccc(NC(=O)c2ccc(N3C(=O)[C@@H]4[C@@H](C3=O)C3(Br)c5ccccc5C4(Br)c4ccccc43)cc2)cc1. The molecule has 4 aliphatic rings. The summed E-state index contributed by atoms with van der Waals surface area (Å²) in [5.74, 6) is -3.44. The van der Waals surface area contributed by atoms with Gasteiger partial charge in [0, 0.05) is 11.3 Å². The van der Waals surface area contributed by atoms with Crippen LogP contribution in [0.5, 0.6) is 0 Å². The number of carboxylic acid groups (broad SMARTS) is 1. The summed E-state index contributed by atoms with van der Waals surface area (Å²) in [6.45, 7) is 0. The number of benzene rings is 4. The highest BCUT2D eigenvalue weighted by Crippen LogP contribution is 2.70. The van der Waals surface area contributed by atoms with E-state index in [1.807, 2.05) is 48.5 Å². The second-order valence-corrected chi connectivity index (χ2v) is 12.9. The van der Waals surface area contributed by atoms with Gasteiger partial charge in [-0.3, -0.25) is 14.4 Å². The third kappa shape index (κ3) is 3.42. The molecule has 41 heavy (non-hydrogen) atoms. The molecule has 3 amide bonds. The van der Waals surface area contributed by atoms with Crippen LogP contribution in [-0.2, 0) is 18.2 Å². The molecular weight excluding hydrogens is 652 g/mol. The second kappa shape index (κ2) is 8.96. The Kier molecular flexibility index (Phi) is 5.65. The van der Waals surface area contributed by atoms with Gasteiger partial charge in [-0.1, -0.05) is 80.4 Å². The molecule has 3 aliphatic carbocycles. The molecule has 8 rings (SSSR count). The summed E-state index contributed by atoms with van der Waals surface area (Å²) in [6, 6.07) is 28.0. The van der Waals surface area contributed by atoms with E-state index >= 15 is 0 Å². The van der Waals surface area contributed by atoms with Crippen molar-refractivity contribution in [1.82, 2.24) is 0 Å². The number of carbonyl (C=O) groups excluding carboxylic acids is 3. The molecule has 1 fully saturated rings. The van der Waals surface area contributed by atoms with Crippen LogP contribution in [0.3, 0.4) is 0 Å². The smallest absolute Gasteiger partial charge is 0.335 e. The van der Waals surface area contributed by atoms with Gasteiger partial charge in [0.05, 0.1) is 31.7 Å². The molecule has 1 aliphatic heterocycles. The summed E-state index contributed by atoms with van der Waals surface area (Å²) in [5.41, 5.74) is 5.11. The van der Waals surface area contributed by atoms with Crippen LogP contribution >= 0.6 is 31.9 Å². The normalized spacial score (nSPS) is 25.4. The van der Waals surface area contributed by atoms with Crippen molar-refractivity contribution in [2.75, 3.05) is 10.2 Å². The first-order valence-corrected chi connectivity index (χ1v) is 14.5. The fraction of sp³-hybridized carbons (Fsp3) is 0.125. The average molecular weight is 672 g/mol. The van der Waals surface area contributed by atoms with Crippen molar-refractivity contribution in [2.45, 2.75) is 8.65 Å². The van der Waals surface area contributed by atoms with Gasteiger partial charge < -0.3 is 10.4 Å². The zero-order valence-corrected chi connectivity index (χ0v) is 24.3. The monoisotopic (exact) mass is 670 g/mol. The summed E-state index contributed by atoms with van der Waals surface area (Å²) in [6.07, 6.45) is 0. The average Bonchev–Trinajstić information content (AvgIpc) is 3.27. The van der Waals surface area contributed by atoms with Gasteiger partial charge in [-0.05, 0) is 70.8 Å². The summed E-state index contributed by atoms with van der Waals surface area (Å²) >= 11 is 8.00. The molecule has 4 aromatic carbocycles. The van der Waals surface area contributed by atoms with Gasteiger partial charge in [0.2, 0.25) is 11.8 Å². The molecule has 0 spiro atoms. The Bertz CT molecular complexity index is 1680. The number of halogens is 2. The van der Waals surface area contributed by atoms with Crippen molar-refractivity contribution in [3.05, 3.63) is 130 Å². The molecule has 2 atom stereocenters. The van der Waals surface area contributed by atoms with Gasteiger partial charge in [0.15, 0.2) is 0 Å². The van der Waals surface area contributed by atoms with E-state index in [1.165, 1.54) is 29.2 Å². The molecule has 9 heteroatoms. The lowest BCUT2D eigenvalue weighted by Crippen LogP contribution is -2.56. The van der Waals surface area contributed by atoms with Crippen LogP contribution in [-0.4, -0.2) is 28.8 Å². The van der Waals surface area contributed by atoms with E-state index in [2.05, 4.69) is 37.2 Å². The number of rotatable bonds is 4. The first kappa shape index (κ1) is 25.9. The number of imide groups is 1. The number of carboxylic acids is 1. The van der Waals surface area contributed by atoms with Gasteiger partial charge in [-0.2, -0.15) is 0 Å². The second-order valence-electron chi connectivity index (χ2n) is 10.4. The number of hydrogen-bond donors (Lipinski definition) is 2. The van der Waals surface area contributed by atoms with Crippen molar-refractivity contribution in [3.8, 4) is 0 Å². The Hall–Kier alpha value is -4.08. The van der Waals surface area contributed by atoms with E-state index in [4.69, 9.17) is 5.11 Å². The lowest BCUT2D eigenvalue weighted by atomic mass is 9.54. The quantitative estimate of drug-likeness (QED) is 0.203. The zero-order valence-electron chi connectivity index (χ0n) is 21.2. The largest absolute Gasteiger partial charge is 0.478 e. The number of amides is 3. The fourth-order valence-electron chi connectivity index (χ4n) is 6.58. The Morgan fingerprint density at radius 1 is 0.659 bits per heavy atom. The number of anilines is 2. The highest BCUT2D eigenvalue weighted by atomic mass is 79.9. The van der Waals surface area contributed by atoms with Crippen molar-refractivity contribution < 1.29 is 24.3 Å². The molecule has 7 nitrogen and oxygen atoms in total. The molecular formula is C32H20Br2N2O5. The van der Waals surface area contributed by atoms with Gasteiger partial charge in [0.1, 0.15) is 0 Å². The minimum Gasteiger partial charge on any atom is -0.478 e. The Morgan fingerprint density at radius 2 is 1.07 bits per heavy atom. The number of hydrogen-bond acceptors (Lipinski definition) is 4. The summed E-state index contributed by atoms with van der Waals surface area (Å²) < 4.78 is -1.75. The first-order valence-electron chi connectivity index (χ1n) is 12.9. The molecule has 2 bridgehead atoms. The van der Waals surface area contributed by atoms with Crippen LogP contribution in [0.15, 0.2) is 97.1 Å². The zero-order chi connectivity index (χ0) is 28.7. The molecule has 0 aromatic heterocycles. The van der Waals surface area contributed by atoms with Gasteiger partial charge >= 0.3 is 5.97 Å². The van der Waals surface area contributed by atoms with E-state index in [1.54, 1.807) is 24.3 Å². The number of aromatic carboxylic acids is 1. The molecule has 2 N–H and O–H groups in total. The van der Waals surface area contributed by atoms with Crippen molar-refractivity contribution in [3.63, 3.8) is 0 Å². The van der Waals surface area contributed by atoms with Crippen LogP contribution in [0, 0.1) is 11.8 Å². The molecule has 0 radical (unpaired) electrons. The number of carbonyl (C=O) groups is 4. The van der Waals surface area contributed by atoms with E-state index in [0.717, 1.165) is 22.3 Å². The van der Waals surface area contributed by atoms with Crippen LogP contribution in [0.4, 0.5) is 11.4 Å². The van der Waals surface area contributed by atoms with Crippen molar-refractivity contribution in [1.29, 1.82) is 0 Å². The number of nitrogens with one attached hydrogen (secondary N) is 1. The number of alkyl halides is 2. The molecule has 1 heterocycles. The maximum Gasteiger partial charge on any atom is 0.335 e. The maximum atomic E-state index is 14.2.